The highest BCUT2D eigenvalue weighted by Gasteiger charge is 2.18. The molecule has 0 aliphatic rings. The minimum Gasteiger partial charge on any atom is -0.496 e. The molecule has 0 fully saturated rings. The Morgan fingerprint density at radius 2 is 2.00 bits per heavy atom. The molecule has 3 rings (SSSR count). The smallest absolute Gasteiger partial charge is 0.144 e. The fourth-order valence-corrected chi connectivity index (χ4v) is 3.29. The van der Waals surface area contributed by atoms with Gasteiger partial charge in [0.15, 0.2) is 0 Å². The van der Waals surface area contributed by atoms with Crippen LogP contribution in [0.25, 0.3) is 21.5 Å². The largest absolute Gasteiger partial charge is 0.496 e. The molecule has 0 aliphatic heterocycles. The van der Waals surface area contributed by atoms with Crippen molar-refractivity contribution in [3.8, 4) is 22.1 Å². The van der Waals surface area contributed by atoms with E-state index >= 15 is 0 Å². The normalized spacial score (nSPS) is 11.1. The Hall–Kier alpha value is -2.14. The first-order valence-corrected chi connectivity index (χ1v) is 7.91. The number of aromatic nitrogens is 2. The van der Waals surface area contributed by atoms with E-state index in [1.54, 1.807) is 25.6 Å². The number of nitrogens with zero attached hydrogens (tertiary/aromatic N) is 2. The van der Waals surface area contributed by atoms with E-state index in [2.05, 4.69) is 35.4 Å². The second-order valence-electron chi connectivity index (χ2n) is 5.22. The fourth-order valence-electron chi connectivity index (χ4n) is 2.32. The molecule has 0 aliphatic carbocycles. The molecule has 1 radical (unpaired) electrons. The van der Waals surface area contributed by atoms with Crippen LogP contribution in [0.4, 0.5) is 0 Å². The lowest BCUT2D eigenvalue weighted by Crippen LogP contribution is -1.95. The molecule has 0 saturated heterocycles. The summed E-state index contributed by atoms with van der Waals surface area (Å²) in [5, 5.41) is 3.78. The first-order valence-electron chi connectivity index (χ1n) is 7.04. The predicted octanol–water partition coefficient (Wildman–Crippen LogP) is 4.30. The van der Waals surface area contributed by atoms with Gasteiger partial charge in [0.05, 0.1) is 36.4 Å². The van der Waals surface area contributed by atoms with Gasteiger partial charge in [-0.15, -0.1) is 11.3 Å². The summed E-state index contributed by atoms with van der Waals surface area (Å²) in [5.74, 6) is 1.82. The fraction of sp³-hybridized carbons (Fsp3) is 0.294. The Morgan fingerprint density at radius 1 is 1.18 bits per heavy atom. The Balaban J connectivity index is 2.25. The summed E-state index contributed by atoms with van der Waals surface area (Å²) in [6.07, 6.45) is 3.07. The molecule has 0 N–H and O–H groups in total. The highest BCUT2D eigenvalue weighted by molar-refractivity contribution is 7.13. The minimum absolute atomic E-state index is 0.388. The number of hydrogen-bond acceptors (Lipinski definition) is 5. The summed E-state index contributed by atoms with van der Waals surface area (Å²) < 4.78 is 11.1. The number of methoxy groups -OCH3 is 2. The number of thiazole rings is 1. The number of pyridine rings is 1. The predicted molar refractivity (Wildman–Crippen MR) is 88.9 cm³/mol. The summed E-state index contributed by atoms with van der Waals surface area (Å²) in [6.45, 7) is 4.25. The monoisotopic (exact) mass is 313 g/mol. The Morgan fingerprint density at radius 3 is 2.64 bits per heavy atom. The Bertz CT molecular complexity index is 812. The third-order valence-corrected chi connectivity index (χ3v) is 4.38. The molecule has 0 spiro atoms. The first-order chi connectivity index (χ1) is 10.7. The van der Waals surface area contributed by atoms with Crippen molar-refractivity contribution in [2.24, 2.45) is 0 Å². The molecule has 0 unspecified atom stereocenters. The number of benzene rings is 1. The van der Waals surface area contributed by atoms with Gasteiger partial charge in [-0.1, -0.05) is 19.9 Å². The topological polar surface area (TPSA) is 44.2 Å². The lowest BCUT2D eigenvalue weighted by molar-refractivity contribution is 0.405. The minimum atomic E-state index is 0.388. The van der Waals surface area contributed by atoms with E-state index in [1.807, 2.05) is 18.2 Å². The molecule has 0 atom stereocenters. The number of fused-ring (bicyclic) bond motifs is 1. The van der Waals surface area contributed by atoms with Crippen molar-refractivity contribution in [1.82, 2.24) is 9.97 Å². The maximum absolute atomic E-state index is 5.64. The molecule has 0 bridgehead atoms. The van der Waals surface area contributed by atoms with E-state index in [0.717, 1.165) is 32.9 Å². The van der Waals surface area contributed by atoms with Crippen LogP contribution in [-0.4, -0.2) is 24.2 Å². The van der Waals surface area contributed by atoms with Crippen LogP contribution in [0.15, 0.2) is 23.6 Å². The van der Waals surface area contributed by atoms with Crippen LogP contribution in [0.1, 0.15) is 25.5 Å². The zero-order valence-corrected chi connectivity index (χ0v) is 13.8. The molecule has 4 nitrogen and oxygen atoms in total. The van der Waals surface area contributed by atoms with Gasteiger partial charge in [0.25, 0.3) is 0 Å². The molecule has 0 amide bonds. The standard InChI is InChI=1S/C17H17N2O2S/c1-10(2)13-9-22-17(19-13)11-8-18-12-6-5-7-14(20-3)15(12)16(11)21-4/h5-7,9-10H,1-4H3. The average molecular weight is 313 g/mol. The maximum atomic E-state index is 5.64. The average Bonchev–Trinajstić information content (AvgIpc) is 3.03. The molecule has 3 aromatic rings. The zero-order chi connectivity index (χ0) is 15.7. The van der Waals surface area contributed by atoms with Crippen LogP contribution in [0.2, 0.25) is 0 Å². The molecular weight excluding hydrogens is 296 g/mol. The summed E-state index contributed by atoms with van der Waals surface area (Å²) in [4.78, 5) is 9.09. The molecule has 113 valence electrons. The van der Waals surface area contributed by atoms with Crippen LogP contribution >= 0.6 is 11.3 Å². The molecular formula is C17H17N2O2S. The highest BCUT2D eigenvalue weighted by Crippen LogP contribution is 2.41. The van der Waals surface area contributed by atoms with Crippen LogP contribution in [-0.2, 0) is 0 Å². The van der Waals surface area contributed by atoms with Crippen molar-refractivity contribution in [3.05, 3.63) is 35.5 Å². The number of ether oxygens (including phenoxy) is 2. The van der Waals surface area contributed by atoms with Crippen molar-refractivity contribution < 1.29 is 9.47 Å². The van der Waals surface area contributed by atoms with Gasteiger partial charge in [-0.3, -0.25) is 0 Å². The summed E-state index contributed by atoms with van der Waals surface area (Å²) >= 11 is 1.58. The molecule has 1 aromatic carbocycles. The lowest BCUT2D eigenvalue weighted by atomic mass is 10.1. The zero-order valence-electron chi connectivity index (χ0n) is 13.0. The molecule has 22 heavy (non-hydrogen) atoms. The third kappa shape index (κ3) is 2.41. The van der Waals surface area contributed by atoms with Crippen LogP contribution in [0, 0.1) is 6.20 Å². The molecule has 0 saturated carbocycles. The van der Waals surface area contributed by atoms with Gasteiger partial charge < -0.3 is 9.47 Å². The van der Waals surface area contributed by atoms with Crippen LogP contribution in [0.3, 0.4) is 0 Å². The lowest BCUT2D eigenvalue weighted by Gasteiger charge is -2.12. The summed E-state index contributed by atoms with van der Waals surface area (Å²) in [7, 11) is 3.29. The van der Waals surface area contributed by atoms with Gasteiger partial charge in [0.1, 0.15) is 22.7 Å². The summed E-state index contributed by atoms with van der Waals surface area (Å²) in [6, 6.07) is 5.72. The van der Waals surface area contributed by atoms with Gasteiger partial charge >= 0.3 is 0 Å². The van der Waals surface area contributed by atoms with E-state index < -0.39 is 0 Å². The second kappa shape index (κ2) is 5.93. The van der Waals surface area contributed by atoms with Crippen molar-refractivity contribution in [1.29, 1.82) is 0 Å². The van der Waals surface area contributed by atoms with Gasteiger partial charge in [-0.2, -0.15) is 0 Å². The van der Waals surface area contributed by atoms with Crippen LogP contribution < -0.4 is 9.47 Å². The number of rotatable bonds is 4. The van der Waals surface area contributed by atoms with Crippen molar-refractivity contribution in [2.75, 3.05) is 14.2 Å². The van der Waals surface area contributed by atoms with Crippen molar-refractivity contribution in [3.63, 3.8) is 0 Å². The number of hydrogen-bond donors (Lipinski definition) is 0. The SMILES string of the molecule is COc1cccc2n[c]c(-c3nc(C(C)C)cs3)c(OC)c12. The van der Waals surface area contributed by atoms with E-state index in [-0.39, 0.29) is 0 Å². The van der Waals surface area contributed by atoms with E-state index in [1.165, 1.54) is 0 Å². The van der Waals surface area contributed by atoms with Gasteiger partial charge in [0.2, 0.25) is 0 Å². The maximum Gasteiger partial charge on any atom is 0.144 e. The first kappa shape index (κ1) is 14.8. The Kier molecular flexibility index (Phi) is 3.98. The van der Waals surface area contributed by atoms with E-state index in [9.17, 15) is 0 Å². The van der Waals surface area contributed by atoms with Gasteiger partial charge in [-0.05, 0) is 18.1 Å². The molecule has 2 aromatic heterocycles. The quantitative estimate of drug-likeness (QED) is 0.720. The third-order valence-electron chi connectivity index (χ3n) is 3.50. The molecule has 2 heterocycles. The van der Waals surface area contributed by atoms with E-state index in [4.69, 9.17) is 9.47 Å². The Labute approximate surface area is 133 Å². The molecule has 5 heteroatoms. The summed E-state index contributed by atoms with van der Waals surface area (Å²) in [5.41, 5.74) is 2.63. The highest BCUT2D eigenvalue weighted by atomic mass is 32.1. The van der Waals surface area contributed by atoms with Crippen molar-refractivity contribution in [2.45, 2.75) is 19.8 Å². The van der Waals surface area contributed by atoms with Crippen molar-refractivity contribution >= 4 is 22.2 Å². The van der Waals surface area contributed by atoms with Crippen LogP contribution in [0.5, 0.6) is 11.5 Å². The van der Waals surface area contributed by atoms with Gasteiger partial charge in [0, 0.05) is 5.38 Å². The van der Waals surface area contributed by atoms with Gasteiger partial charge in [-0.25, -0.2) is 9.97 Å². The van der Waals surface area contributed by atoms with E-state index in [0.29, 0.717) is 11.7 Å². The second-order valence-corrected chi connectivity index (χ2v) is 6.08.